The number of hydrogen-bond donors (Lipinski definition) is 0. The van der Waals surface area contributed by atoms with Crippen molar-refractivity contribution in [3.05, 3.63) is 64.6 Å². The van der Waals surface area contributed by atoms with Gasteiger partial charge in [-0.05, 0) is 38.0 Å². The smallest absolute Gasteiger partial charge is 0.192 e. The summed E-state index contributed by atoms with van der Waals surface area (Å²) in [6.45, 7) is 1.97. The Labute approximate surface area is 145 Å². The van der Waals surface area contributed by atoms with E-state index in [2.05, 4.69) is 21.7 Å². The molecule has 122 valence electrons. The molecule has 1 aliphatic carbocycles. The standard InChI is InChI=1S/C20H20N2OS/c1-14-11-18-17(13-21-14)19(23)12-20(24-16-9-5-6-10-16)22(18)15-7-3-2-4-8-15/h2-4,7-8,11-13,16H,5-6,9-10H2,1H3. The molecule has 1 aromatic carbocycles. The molecule has 0 atom stereocenters. The molecule has 3 aromatic rings. The highest BCUT2D eigenvalue weighted by molar-refractivity contribution is 7.99. The molecule has 1 fully saturated rings. The Morgan fingerprint density at radius 3 is 2.62 bits per heavy atom. The Balaban J connectivity index is 1.97. The van der Waals surface area contributed by atoms with Crippen molar-refractivity contribution < 1.29 is 0 Å². The Morgan fingerprint density at radius 2 is 1.88 bits per heavy atom. The number of benzene rings is 1. The van der Waals surface area contributed by atoms with E-state index < -0.39 is 0 Å². The molecule has 0 unspecified atom stereocenters. The predicted octanol–water partition coefficient (Wildman–Crippen LogP) is 4.73. The van der Waals surface area contributed by atoms with E-state index in [-0.39, 0.29) is 5.43 Å². The first kappa shape index (κ1) is 15.5. The van der Waals surface area contributed by atoms with Crippen LogP contribution in [-0.2, 0) is 0 Å². The van der Waals surface area contributed by atoms with E-state index in [1.165, 1.54) is 25.7 Å². The van der Waals surface area contributed by atoms with Crippen LogP contribution in [0.4, 0.5) is 0 Å². The molecule has 1 saturated carbocycles. The Morgan fingerprint density at radius 1 is 1.12 bits per heavy atom. The normalized spacial score (nSPS) is 15.2. The predicted molar refractivity (Wildman–Crippen MR) is 100 cm³/mol. The minimum absolute atomic E-state index is 0.0604. The van der Waals surface area contributed by atoms with Gasteiger partial charge in [0.1, 0.15) is 0 Å². The summed E-state index contributed by atoms with van der Waals surface area (Å²) in [5.74, 6) is 0. The van der Waals surface area contributed by atoms with Crippen molar-refractivity contribution in [3.63, 3.8) is 0 Å². The van der Waals surface area contributed by atoms with Gasteiger partial charge in [-0.1, -0.05) is 31.0 Å². The molecule has 0 N–H and O–H groups in total. The molecule has 0 radical (unpaired) electrons. The van der Waals surface area contributed by atoms with Gasteiger partial charge in [0, 0.05) is 28.9 Å². The second-order valence-electron chi connectivity index (χ2n) is 6.38. The Hall–Kier alpha value is -2.07. The van der Waals surface area contributed by atoms with Crippen molar-refractivity contribution in [1.82, 2.24) is 9.55 Å². The average molecular weight is 336 g/mol. The topological polar surface area (TPSA) is 34.9 Å². The van der Waals surface area contributed by atoms with E-state index in [1.54, 1.807) is 12.3 Å². The van der Waals surface area contributed by atoms with Crippen molar-refractivity contribution in [3.8, 4) is 5.69 Å². The third-order valence-corrected chi connectivity index (χ3v) is 5.95. The van der Waals surface area contributed by atoms with Crippen LogP contribution in [0.2, 0.25) is 0 Å². The SMILES string of the molecule is Cc1cc2c(cn1)c(=O)cc(SC1CCCC1)n2-c1ccccc1. The fourth-order valence-electron chi connectivity index (χ4n) is 3.40. The fraction of sp³-hybridized carbons (Fsp3) is 0.300. The highest BCUT2D eigenvalue weighted by atomic mass is 32.2. The maximum Gasteiger partial charge on any atom is 0.192 e. The zero-order chi connectivity index (χ0) is 16.5. The van der Waals surface area contributed by atoms with Crippen molar-refractivity contribution in [1.29, 1.82) is 0 Å². The first-order valence-electron chi connectivity index (χ1n) is 8.47. The number of pyridine rings is 2. The van der Waals surface area contributed by atoms with Crippen LogP contribution < -0.4 is 5.43 Å². The first-order chi connectivity index (χ1) is 11.7. The van der Waals surface area contributed by atoms with Gasteiger partial charge in [0.15, 0.2) is 5.43 Å². The van der Waals surface area contributed by atoms with Gasteiger partial charge in [0.25, 0.3) is 0 Å². The number of para-hydroxylation sites is 1. The largest absolute Gasteiger partial charge is 0.304 e. The summed E-state index contributed by atoms with van der Waals surface area (Å²) in [6.07, 6.45) is 6.77. The van der Waals surface area contributed by atoms with Gasteiger partial charge in [-0.25, -0.2) is 0 Å². The lowest BCUT2D eigenvalue weighted by atomic mass is 10.2. The average Bonchev–Trinajstić information content (AvgIpc) is 3.08. The Bertz CT molecular complexity index is 928. The van der Waals surface area contributed by atoms with E-state index in [0.29, 0.717) is 10.6 Å². The van der Waals surface area contributed by atoms with E-state index in [4.69, 9.17) is 0 Å². The molecule has 2 heterocycles. The summed E-state index contributed by atoms with van der Waals surface area (Å²) in [5, 5.41) is 2.33. The number of rotatable bonds is 3. The van der Waals surface area contributed by atoms with Gasteiger partial charge in [0.05, 0.1) is 15.9 Å². The molecular weight excluding hydrogens is 316 g/mol. The Kier molecular flexibility index (Phi) is 4.15. The van der Waals surface area contributed by atoms with Crippen LogP contribution in [0.1, 0.15) is 31.4 Å². The highest BCUT2D eigenvalue weighted by Crippen LogP contribution is 2.36. The van der Waals surface area contributed by atoms with Crippen LogP contribution in [0.25, 0.3) is 16.6 Å². The zero-order valence-corrected chi connectivity index (χ0v) is 14.6. The number of aromatic nitrogens is 2. The summed E-state index contributed by atoms with van der Waals surface area (Å²) in [4.78, 5) is 16.9. The minimum Gasteiger partial charge on any atom is -0.304 e. The maximum absolute atomic E-state index is 12.6. The van der Waals surface area contributed by atoms with Gasteiger partial charge < -0.3 is 4.57 Å². The monoisotopic (exact) mass is 336 g/mol. The molecule has 2 aromatic heterocycles. The minimum atomic E-state index is 0.0604. The van der Waals surface area contributed by atoms with E-state index >= 15 is 0 Å². The van der Waals surface area contributed by atoms with E-state index in [9.17, 15) is 4.79 Å². The second-order valence-corrected chi connectivity index (χ2v) is 7.71. The van der Waals surface area contributed by atoms with Gasteiger partial charge in [0.2, 0.25) is 0 Å². The summed E-state index contributed by atoms with van der Waals surface area (Å²) < 4.78 is 2.22. The third-order valence-electron chi connectivity index (χ3n) is 4.60. The highest BCUT2D eigenvalue weighted by Gasteiger charge is 2.20. The quantitative estimate of drug-likeness (QED) is 0.693. The summed E-state index contributed by atoms with van der Waals surface area (Å²) in [6, 6.07) is 14.1. The van der Waals surface area contributed by atoms with Gasteiger partial charge in [-0.3, -0.25) is 9.78 Å². The number of fused-ring (bicyclic) bond motifs is 1. The lowest BCUT2D eigenvalue weighted by molar-refractivity contribution is 0.886. The van der Waals surface area contributed by atoms with Crippen molar-refractivity contribution in [2.45, 2.75) is 42.9 Å². The van der Waals surface area contributed by atoms with Crippen LogP contribution >= 0.6 is 11.8 Å². The molecule has 4 heteroatoms. The van der Waals surface area contributed by atoms with Crippen LogP contribution in [-0.4, -0.2) is 14.8 Å². The second kappa shape index (κ2) is 6.44. The lowest BCUT2D eigenvalue weighted by Crippen LogP contribution is -2.12. The molecule has 0 amide bonds. The zero-order valence-electron chi connectivity index (χ0n) is 13.7. The molecule has 1 aliphatic rings. The van der Waals surface area contributed by atoms with Gasteiger partial charge in [-0.15, -0.1) is 11.8 Å². The van der Waals surface area contributed by atoms with Gasteiger partial charge >= 0.3 is 0 Å². The van der Waals surface area contributed by atoms with Crippen molar-refractivity contribution in [2.24, 2.45) is 0 Å². The summed E-state index contributed by atoms with van der Waals surface area (Å²) >= 11 is 1.85. The number of nitrogens with zero attached hydrogens (tertiary/aromatic N) is 2. The summed E-state index contributed by atoms with van der Waals surface area (Å²) in [5.41, 5.74) is 3.02. The molecule has 24 heavy (non-hydrogen) atoms. The van der Waals surface area contributed by atoms with Gasteiger partial charge in [-0.2, -0.15) is 0 Å². The van der Waals surface area contributed by atoms with Crippen LogP contribution in [0.3, 0.4) is 0 Å². The van der Waals surface area contributed by atoms with Crippen LogP contribution in [0, 0.1) is 6.92 Å². The van der Waals surface area contributed by atoms with Crippen molar-refractivity contribution in [2.75, 3.05) is 0 Å². The fourth-order valence-corrected chi connectivity index (χ4v) is 4.80. The number of aryl methyl sites for hydroxylation is 1. The molecule has 4 rings (SSSR count). The van der Waals surface area contributed by atoms with Crippen LogP contribution in [0.15, 0.2) is 58.5 Å². The molecule has 0 bridgehead atoms. The lowest BCUT2D eigenvalue weighted by Gasteiger charge is -2.19. The van der Waals surface area contributed by atoms with E-state index in [1.807, 2.05) is 43.0 Å². The molecule has 0 aliphatic heterocycles. The molecule has 3 nitrogen and oxygen atoms in total. The third kappa shape index (κ3) is 2.86. The molecule has 0 saturated heterocycles. The number of hydrogen-bond acceptors (Lipinski definition) is 3. The van der Waals surface area contributed by atoms with Crippen LogP contribution in [0.5, 0.6) is 0 Å². The summed E-state index contributed by atoms with van der Waals surface area (Å²) in [7, 11) is 0. The maximum atomic E-state index is 12.6. The van der Waals surface area contributed by atoms with Crippen molar-refractivity contribution >= 4 is 22.7 Å². The number of thioether (sulfide) groups is 1. The first-order valence-corrected chi connectivity index (χ1v) is 9.35. The molecule has 0 spiro atoms. The van der Waals surface area contributed by atoms with E-state index in [0.717, 1.165) is 21.9 Å². The molecular formula is C20H20N2OS.